The number of hydrogen-bond acceptors (Lipinski definition) is 5. The fourth-order valence-corrected chi connectivity index (χ4v) is 4.04. The second-order valence-corrected chi connectivity index (χ2v) is 8.86. The van der Waals surface area contributed by atoms with Crippen LogP contribution in [0.5, 0.6) is 11.5 Å². The molecule has 0 aliphatic carbocycles. The Hall–Kier alpha value is -3.77. The third-order valence-corrected chi connectivity index (χ3v) is 5.76. The zero-order valence-electron chi connectivity index (χ0n) is 18.7. The topological polar surface area (TPSA) is 87.1 Å². The predicted molar refractivity (Wildman–Crippen MR) is 131 cm³/mol. The Kier molecular flexibility index (Phi) is 6.61. The number of benzene rings is 3. The predicted octanol–water partition coefficient (Wildman–Crippen LogP) is 5.71. The first-order chi connectivity index (χ1) is 16.3. The number of para-hydroxylation sites is 1. The van der Waals surface area contributed by atoms with Crippen molar-refractivity contribution >= 4 is 34.7 Å². The van der Waals surface area contributed by atoms with E-state index in [0.29, 0.717) is 35.1 Å². The van der Waals surface area contributed by atoms with Gasteiger partial charge < -0.3 is 14.9 Å². The van der Waals surface area contributed by atoms with Crippen LogP contribution in [-0.4, -0.2) is 28.5 Å². The van der Waals surface area contributed by atoms with Crippen LogP contribution in [0.15, 0.2) is 78.4 Å². The molecule has 0 radical (unpaired) electrons. The van der Waals surface area contributed by atoms with Crippen LogP contribution in [0, 0.1) is 5.92 Å². The number of aliphatic hydroxyl groups excluding tert-OH is 1. The number of carbonyl (C=O) groups is 2. The minimum atomic E-state index is -0.944. The van der Waals surface area contributed by atoms with Crippen molar-refractivity contribution in [3.63, 3.8) is 0 Å². The number of nitrogens with zero attached hydrogens (tertiary/aromatic N) is 1. The van der Waals surface area contributed by atoms with Crippen molar-refractivity contribution in [1.82, 2.24) is 0 Å². The maximum Gasteiger partial charge on any atom is 0.300 e. The highest BCUT2D eigenvalue weighted by atomic mass is 35.5. The van der Waals surface area contributed by atoms with Crippen LogP contribution in [0.1, 0.15) is 31.0 Å². The lowest BCUT2D eigenvalue weighted by Gasteiger charge is -2.25. The number of amides is 1. The van der Waals surface area contributed by atoms with Gasteiger partial charge in [0.15, 0.2) is 0 Å². The first kappa shape index (κ1) is 23.4. The monoisotopic (exact) mass is 477 g/mol. The lowest BCUT2D eigenvalue weighted by molar-refractivity contribution is -0.132. The summed E-state index contributed by atoms with van der Waals surface area (Å²) in [7, 11) is 0. The standard InChI is InChI=1S/C27H24ClNO5/c1-16(2)15-34-20-10-6-7-18(13-20)25(31)23-24(17-11-12-22(30)21(28)14-17)29(27(33)26(23)32)19-8-4-3-5-9-19/h3-14,16,24,30-31H,15H2,1-2H3/b25-23-. The first-order valence-electron chi connectivity index (χ1n) is 10.9. The molecule has 0 saturated carbocycles. The number of phenolic OH excluding ortho intramolecular Hbond substituents is 1. The quantitative estimate of drug-likeness (QED) is 0.270. The third-order valence-electron chi connectivity index (χ3n) is 5.46. The van der Waals surface area contributed by atoms with Crippen molar-refractivity contribution in [3.8, 4) is 11.5 Å². The van der Waals surface area contributed by atoms with Gasteiger partial charge in [0.25, 0.3) is 11.7 Å². The molecule has 1 atom stereocenters. The van der Waals surface area contributed by atoms with E-state index in [4.69, 9.17) is 16.3 Å². The SMILES string of the molecule is CC(C)COc1cccc(/C(O)=C2/C(=O)C(=O)N(c3ccccc3)C2c2ccc(O)c(Cl)c2)c1. The van der Waals surface area contributed by atoms with Crippen LogP contribution in [-0.2, 0) is 9.59 Å². The lowest BCUT2D eigenvalue weighted by atomic mass is 9.95. The highest BCUT2D eigenvalue weighted by molar-refractivity contribution is 6.51. The van der Waals surface area contributed by atoms with E-state index in [1.165, 1.54) is 17.0 Å². The summed E-state index contributed by atoms with van der Waals surface area (Å²) in [6, 6.07) is 19.0. The zero-order chi connectivity index (χ0) is 24.4. The highest BCUT2D eigenvalue weighted by Gasteiger charge is 2.47. The molecular weight excluding hydrogens is 454 g/mol. The smallest absolute Gasteiger partial charge is 0.300 e. The van der Waals surface area contributed by atoms with E-state index in [2.05, 4.69) is 0 Å². The molecule has 1 heterocycles. The minimum absolute atomic E-state index is 0.0697. The maximum absolute atomic E-state index is 13.2. The molecule has 34 heavy (non-hydrogen) atoms. The van der Waals surface area contributed by atoms with Crippen molar-refractivity contribution in [1.29, 1.82) is 0 Å². The van der Waals surface area contributed by atoms with Crippen LogP contribution >= 0.6 is 11.6 Å². The number of ether oxygens (including phenoxy) is 1. The number of anilines is 1. The van der Waals surface area contributed by atoms with Crippen LogP contribution in [0.4, 0.5) is 5.69 Å². The molecule has 1 amide bonds. The van der Waals surface area contributed by atoms with E-state index in [0.717, 1.165) is 0 Å². The summed E-state index contributed by atoms with van der Waals surface area (Å²) < 4.78 is 5.76. The van der Waals surface area contributed by atoms with Crippen molar-refractivity contribution in [2.24, 2.45) is 5.92 Å². The van der Waals surface area contributed by atoms with E-state index in [1.807, 2.05) is 13.8 Å². The van der Waals surface area contributed by atoms with E-state index < -0.39 is 17.7 Å². The van der Waals surface area contributed by atoms with Crippen LogP contribution < -0.4 is 9.64 Å². The van der Waals surface area contributed by atoms with Gasteiger partial charge in [-0.3, -0.25) is 14.5 Å². The summed E-state index contributed by atoms with van der Waals surface area (Å²) in [5.74, 6) is -1.18. The highest BCUT2D eigenvalue weighted by Crippen LogP contribution is 2.43. The second kappa shape index (κ2) is 9.61. The van der Waals surface area contributed by atoms with Gasteiger partial charge >= 0.3 is 0 Å². The summed E-state index contributed by atoms with van der Waals surface area (Å²) in [5, 5.41) is 21.2. The number of Topliss-reactive ketones (excluding diaryl/α,β-unsaturated/α-hetero) is 1. The maximum atomic E-state index is 13.2. The molecule has 4 rings (SSSR count). The number of halogens is 1. The summed E-state index contributed by atoms with van der Waals surface area (Å²) in [6.07, 6.45) is 0. The van der Waals surface area contributed by atoms with Gasteiger partial charge in [-0.05, 0) is 47.9 Å². The summed E-state index contributed by atoms with van der Waals surface area (Å²) in [4.78, 5) is 27.7. The molecule has 3 aromatic carbocycles. The molecule has 1 saturated heterocycles. The van der Waals surface area contributed by atoms with Crippen molar-refractivity contribution in [2.75, 3.05) is 11.5 Å². The number of rotatable bonds is 6. The van der Waals surface area contributed by atoms with Crippen molar-refractivity contribution in [2.45, 2.75) is 19.9 Å². The van der Waals surface area contributed by atoms with Crippen molar-refractivity contribution < 1.29 is 24.5 Å². The average Bonchev–Trinajstić information content (AvgIpc) is 3.10. The molecule has 7 heteroatoms. The molecular formula is C27H24ClNO5. The number of aliphatic hydroxyl groups is 1. The van der Waals surface area contributed by atoms with Gasteiger partial charge in [0.2, 0.25) is 0 Å². The summed E-state index contributed by atoms with van der Waals surface area (Å²) in [6.45, 7) is 4.55. The molecule has 1 fully saturated rings. The number of hydrogen-bond donors (Lipinski definition) is 2. The average molecular weight is 478 g/mol. The molecule has 174 valence electrons. The summed E-state index contributed by atoms with van der Waals surface area (Å²) in [5.41, 5.74) is 1.24. The van der Waals surface area contributed by atoms with Gasteiger partial charge in [-0.15, -0.1) is 0 Å². The third kappa shape index (κ3) is 4.50. The van der Waals surface area contributed by atoms with Gasteiger partial charge in [0.1, 0.15) is 17.3 Å². The molecule has 0 spiro atoms. The first-order valence-corrected chi connectivity index (χ1v) is 11.2. The van der Waals surface area contributed by atoms with E-state index in [-0.39, 0.29) is 22.1 Å². The lowest BCUT2D eigenvalue weighted by Crippen LogP contribution is -2.29. The molecule has 0 bridgehead atoms. The van der Waals surface area contributed by atoms with Gasteiger partial charge in [-0.1, -0.05) is 61.8 Å². The molecule has 1 aliphatic heterocycles. The Morgan fingerprint density at radius 2 is 1.76 bits per heavy atom. The number of ketones is 1. The van der Waals surface area contributed by atoms with Crippen LogP contribution in [0.2, 0.25) is 5.02 Å². The molecule has 1 unspecified atom stereocenters. The van der Waals surface area contributed by atoms with E-state index in [9.17, 15) is 19.8 Å². The Morgan fingerprint density at radius 3 is 2.44 bits per heavy atom. The minimum Gasteiger partial charge on any atom is -0.507 e. The number of aromatic hydroxyl groups is 1. The largest absolute Gasteiger partial charge is 0.507 e. The van der Waals surface area contributed by atoms with Gasteiger partial charge in [0, 0.05) is 11.3 Å². The van der Waals surface area contributed by atoms with E-state index in [1.54, 1.807) is 60.7 Å². The van der Waals surface area contributed by atoms with Gasteiger partial charge in [-0.25, -0.2) is 0 Å². The molecule has 3 aromatic rings. The molecule has 0 aromatic heterocycles. The Bertz CT molecular complexity index is 1270. The Morgan fingerprint density at radius 1 is 1.03 bits per heavy atom. The Labute approximate surface area is 202 Å². The Balaban J connectivity index is 1.88. The number of carbonyl (C=O) groups excluding carboxylic acids is 2. The van der Waals surface area contributed by atoms with Gasteiger partial charge in [0.05, 0.1) is 23.2 Å². The number of phenols is 1. The zero-order valence-corrected chi connectivity index (χ0v) is 19.5. The normalized spacial score (nSPS) is 17.4. The molecule has 6 nitrogen and oxygen atoms in total. The van der Waals surface area contributed by atoms with Crippen molar-refractivity contribution in [3.05, 3.63) is 94.5 Å². The molecule has 1 aliphatic rings. The fraction of sp³-hybridized carbons (Fsp3) is 0.185. The van der Waals surface area contributed by atoms with E-state index >= 15 is 0 Å². The fourth-order valence-electron chi connectivity index (χ4n) is 3.85. The van der Waals surface area contributed by atoms with Crippen LogP contribution in [0.3, 0.4) is 0 Å². The van der Waals surface area contributed by atoms with Crippen LogP contribution in [0.25, 0.3) is 5.76 Å². The molecule has 2 N–H and O–H groups in total. The summed E-state index contributed by atoms with van der Waals surface area (Å²) >= 11 is 6.15. The second-order valence-electron chi connectivity index (χ2n) is 8.45. The van der Waals surface area contributed by atoms with Gasteiger partial charge in [-0.2, -0.15) is 0 Å².